The molecule has 140 valence electrons. The van der Waals surface area contributed by atoms with Crippen molar-refractivity contribution in [1.29, 1.82) is 0 Å². The van der Waals surface area contributed by atoms with Crippen molar-refractivity contribution >= 4 is 11.7 Å². The molecule has 1 aromatic heterocycles. The fraction of sp³-hybridized carbons (Fsp3) is 0.524. The number of para-hydroxylation sites is 1. The van der Waals surface area contributed by atoms with Crippen molar-refractivity contribution in [1.82, 2.24) is 14.7 Å². The molecule has 0 aliphatic heterocycles. The molecule has 1 aromatic carbocycles. The van der Waals surface area contributed by atoms with E-state index >= 15 is 0 Å². The third kappa shape index (κ3) is 4.33. The summed E-state index contributed by atoms with van der Waals surface area (Å²) < 4.78 is 1.87. The Labute approximate surface area is 156 Å². The van der Waals surface area contributed by atoms with Gasteiger partial charge in [0.1, 0.15) is 5.82 Å². The predicted molar refractivity (Wildman–Crippen MR) is 106 cm³/mol. The minimum absolute atomic E-state index is 0.00264. The van der Waals surface area contributed by atoms with Crippen molar-refractivity contribution in [3.05, 3.63) is 42.1 Å². The molecule has 1 saturated carbocycles. The topological polar surface area (TPSA) is 50.2 Å². The van der Waals surface area contributed by atoms with Gasteiger partial charge in [0.05, 0.1) is 17.9 Å². The van der Waals surface area contributed by atoms with Crippen LogP contribution in [0.1, 0.15) is 57.6 Å². The quantitative estimate of drug-likeness (QED) is 0.811. The Morgan fingerprint density at radius 1 is 1.31 bits per heavy atom. The molecule has 5 heteroatoms. The average molecular weight is 354 g/mol. The van der Waals surface area contributed by atoms with Crippen molar-refractivity contribution in [2.24, 2.45) is 0 Å². The molecule has 1 aliphatic rings. The summed E-state index contributed by atoms with van der Waals surface area (Å²) in [5, 5.41) is 7.92. The van der Waals surface area contributed by atoms with E-state index in [2.05, 4.69) is 30.1 Å². The molecule has 0 saturated heterocycles. The first-order valence-corrected chi connectivity index (χ1v) is 9.74. The predicted octanol–water partition coefficient (Wildman–Crippen LogP) is 4.20. The van der Waals surface area contributed by atoms with Gasteiger partial charge in [-0.2, -0.15) is 5.10 Å². The van der Waals surface area contributed by atoms with E-state index in [-0.39, 0.29) is 5.91 Å². The molecule has 1 unspecified atom stereocenters. The van der Waals surface area contributed by atoms with Crippen LogP contribution in [0.2, 0.25) is 0 Å². The van der Waals surface area contributed by atoms with Crippen LogP contribution < -0.4 is 5.32 Å². The number of carbonyl (C=O) groups is 1. The number of anilines is 1. The lowest BCUT2D eigenvalue weighted by molar-refractivity contribution is -0.117. The molecular weight excluding hydrogens is 324 g/mol. The largest absolute Gasteiger partial charge is 0.309 e. The number of hydrogen-bond acceptors (Lipinski definition) is 3. The van der Waals surface area contributed by atoms with Crippen LogP contribution in [0.4, 0.5) is 5.82 Å². The lowest BCUT2D eigenvalue weighted by atomic mass is 10.0. The molecular formula is C21H30N4O. The Bertz CT molecular complexity index is 719. The fourth-order valence-electron chi connectivity index (χ4n) is 3.55. The lowest BCUT2D eigenvalue weighted by Gasteiger charge is -2.22. The highest BCUT2D eigenvalue weighted by molar-refractivity contribution is 5.91. The molecule has 5 nitrogen and oxygen atoms in total. The van der Waals surface area contributed by atoms with E-state index in [9.17, 15) is 4.79 Å². The van der Waals surface area contributed by atoms with Crippen LogP contribution in [-0.2, 0) is 4.79 Å². The molecule has 3 rings (SSSR count). The minimum Gasteiger partial charge on any atom is -0.309 e. The zero-order valence-electron chi connectivity index (χ0n) is 16.1. The summed E-state index contributed by atoms with van der Waals surface area (Å²) in [7, 11) is 1.99. The van der Waals surface area contributed by atoms with Crippen molar-refractivity contribution in [3.8, 4) is 5.69 Å². The molecule has 26 heavy (non-hydrogen) atoms. The molecule has 1 fully saturated rings. The molecule has 1 N–H and O–H groups in total. The molecule has 1 atom stereocenters. The van der Waals surface area contributed by atoms with Gasteiger partial charge in [0, 0.05) is 18.0 Å². The summed E-state index contributed by atoms with van der Waals surface area (Å²) in [5.41, 5.74) is 2.07. The maximum atomic E-state index is 12.6. The third-order valence-electron chi connectivity index (χ3n) is 5.51. The fourth-order valence-corrected chi connectivity index (χ4v) is 3.55. The summed E-state index contributed by atoms with van der Waals surface area (Å²) in [6.45, 7) is 4.66. The normalized spacial score (nSPS) is 16.2. The monoisotopic (exact) mass is 354 g/mol. The molecule has 0 spiro atoms. The highest BCUT2D eigenvalue weighted by atomic mass is 16.2. The number of carbonyl (C=O) groups excluding carboxylic acids is 1. The van der Waals surface area contributed by atoms with Crippen LogP contribution in [0.25, 0.3) is 5.69 Å². The van der Waals surface area contributed by atoms with Gasteiger partial charge in [0.2, 0.25) is 5.91 Å². The molecule has 0 bridgehead atoms. The SMILES string of the molecule is CCC(C)N(C)CC(=O)Nc1cc(C2CCCC2)nn1-c1ccccc1. The number of amides is 1. The van der Waals surface area contributed by atoms with Gasteiger partial charge in [-0.25, -0.2) is 4.68 Å². The number of hydrogen-bond donors (Lipinski definition) is 1. The van der Waals surface area contributed by atoms with Crippen LogP contribution in [0, 0.1) is 0 Å². The van der Waals surface area contributed by atoms with Gasteiger partial charge < -0.3 is 5.32 Å². The van der Waals surface area contributed by atoms with E-state index in [4.69, 9.17) is 5.10 Å². The number of nitrogens with zero attached hydrogens (tertiary/aromatic N) is 3. The number of aromatic nitrogens is 2. The van der Waals surface area contributed by atoms with Gasteiger partial charge in [0.15, 0.2) is 0 Å². The van der Waals surface area contributed by atoms with E-state index < -0.39 is 0 Å². The van der Waals surface area contributed by atoms with Crippen molar-refractivity contribution in [2.45, 2.75) is 57.9 Å². The minimum atomic E-state index is 0.00264. The van der Waals surface area contributed by atoms with Gasteiger partial charge in [-0.15, -0.1) is 0 Å². The maximum absolute atomic E-state index is 12.6. The summed E-state index contributed by atoms with van der Waals surface area (Å²) in [5.74, 6) is 1.28. The Morgan fingerprint density at radius 3 is 2.65 bits per heavy atom. The van der Waals surface area contributed by atoms with Crippen molar-refractivity contribution < 1.29 is 4.79 Å². The van der Waals surface area contributed by atoms with Crippen LogP contribution in [0.5, 0.6) is 0 Å². The van der Waals surface area contributed by atoms with E-state index in [0.29, 0.717) is 18.5 Å². The first-order chi connectivity index (χ1) is 12.6. The second kappa shape index (κ2) is 8.49. The van der Waals surface area contributed by atoms with Gasteiger partial charge in [-0.05, 0) is 45.4 Å². The summed E-state index contributed by atoms with van der Waals surface area (Å²) >= 11 is 0. The summed E-state index contributed by atoms with van der Waals surface area (Å²) in [6, 6.07) is 12.5. The molecule has 2 aromatic rings. The van der Waals surface area contributed by atoms with Gasteiger partial charge in [0.25, 0.3) is 0 Å². The van der Waals surface area contributed by atoms with E-state index in [1.807, 2.05) is 42.1 Å². The number of benzene rings is 1. The van der Waals surface area contributed by atoms with Crippen LogP contribution in [0.15, 0.2) is 36.4 Å². The number of nitrogens with one attached hydrogen (secondary N) is 1. The highest BCUT2D eigenvalue weighted by Crippen LogP contribution is 2.35. The maximum Gasteiger partial charge on any atom is 0.239 e. The molecule has 1 aliphatic carbocycles. The van der Waals surface area contributed by atoms with E-state index in [1.54, 1.807) is 0 Å². The zero-order chi connectivity index (χ0) is 18.5. The Morgan fingerprint density at radius 2 is 2.00 bits per heavy atom. The zero-order valence-corrected chi connectivity index (χ0v) is 16.1. The first-order valence-electron chi connectivity index (χ1n) is 9.74. The number of rotatable bonds is 7. The number of likely N-dealkylation sites (N-methyl/N-ethyl adjacent to an activating group) is 1. The first kappa shape index (κ1) is 18.6. The second-order valence-corrected chi connectivity index (χ2v) is 7.40. The smallest absolute Gasteiger partial charge is 0.239 e. The van der Waals surface area contributed by atoms with Crippen LogP contribution in [0.3, 0.4) is 0 Å². The van der Waals surface area contributed by atoms with Gasteiger partial charge in [-0.1, -0.05) is 38.0 Å². The molecule has 1 heterocycles. The van der Waals surface area contributed by atoms with E-state index in [1.165, 1.54) is 25.7 Å². The molecule has 1 amide bonds. The Balaban J connectivity index is 1.81. The highest BCUT2D eigenvalue weighted by Gasteiger charge is 2.23. The third-order valence-corrected chi connectivity index (χ3v) is 5.51. The van der Waals surface area contributed by atoms with Crippen molar-refractivity contribution in [3.63, 3.8) is 0 Å². The lowest BCUT2D eigenvalue weighted by Crippen LogP contribution is -2.36. The Kier molecular flexibility index (Phi) is 6.09. The van der Waals surface area contributed by atoms with E-state index in [0.717, 1.165) is 23.6 Å². The van der Waals surface area contributed by atoms with Gasteiger partial charge >= 0.3 is 0 Å². The average Bonchev–Trinajstić information content (AvgIpc) is 3.31. The second-order valence-electron chi connectivity index (χ2n) is 7.40. The van der Waals surface area contributed by atoms with Crippen LogP contribution in [-0.4, -0.2) is 40.2 Å². The standard InChI is InChI=1S/C21H30N4O/c1-4-16(2)24(3)15-21(26)22-20-14-19(17-10-8-9-11-17)23-25(20)18-12-6-5-7-13-18/h5-7,12-14,16-17H,4,8-11,15H2,1-3H3,(H,22,26). The van der Waals surface area contributed by atoms with Crippen molar-refractivity contribution in [2.75, 3.05) is 18.9 Å². The molecule has 0 radical (unpaired) electrons. The van der Waals surface area contributed by atoms with Gasteiger partial charge in [-0.3, -0.25) is 9.69 Å². The summed E-state index contributed by atoms with van der Waals surface area (Å²) in [6.07, 6.45) is 5.94. The summed E-state index contributed by atoms with van der Waals surface area (Å²) in [4.78, 5) is 14.6. The Hall–Kier alpha value is -2.14. The van der Waals surface area contributed by atoms with Crippen LogP contribution >= 0.6 is 0 Å².